The molecule has 26 heavy (non-hydrogen) atoms. The maximum atomic E-state index is 12.8. The van der Waals surface area contributed by atoms with E-state index in [0.29, 0.717) is 50.6 Å². The van der Waals surface area contributed by atoms with E-state index >= 15 is 0 Å². The standard InChI is InChI=1S/C18H27N5O3/c1-4-22-11-14(9-19-22)17(25)20-6-5-15-18(26)21(10-13(2)3)12-16(24)23(15)8-7-20/h9,11,13,15H,4-8,10,12H2,1-3H3. The number of piperazine rings is 1. The smallest absolute Gasteiger partial charge is 0.257 e. The van der Waals surface area contributed by atoms with Gasteiger partial charge in [0.05, 0.1) is 18.3 Å². The highest BCUT2D eigenvalue weighted by Gasteiger charge is 2.41. The summed E-state index contributed by atoms with van der Waals surface area (Å²) in [6, 6.07) is -0.453. The van der Waals surface area contributed by atoms with Crippen molar-refractivity contribution in [2.75, 3.05) is 32.7 Å². The van der Waals surface area contributed by atoms with Crippen LogP contribution in [-0.2, 0) is 16.1 Å². The molecule has 0 aliphatic carbocycles. The molecule has 3 rings (SSSR count). The lowest BCUT2D eigenvalue weighted by atomic mass is 10.1. The molecule has 0 aromatic carbocycles. The molecule has 2 saturated heterocycles. The summed E-state index contributed by atoms with van der Waals surface area (Å²) in [5.41, 5.74) is 0.547. The number of carbonyl (C=O) groups excluding carboxylic acids is 3. The number of amides is 3. The minimum absolute atomic E-state index is 0.00593. The summed E-state index contributed by atoms with van der Waals surface area (Å²) < 4.78 is 1.71. The maximum Gasteiger partial charge on any atom is 0.257 e. The van der Waals surface area contributed by atoms with E-state index < -0.39 is 6.04 Å². The Morgan fingerprint density at radius 2 is 2.04 bits per heavy atom. The maximum absolute atomic E-state index is 12.8. The van der Waals surface area contributed by atoms with Gasteiger partial charge in [-0.05, 0) is 19.3 Å². The van der Waals surface area contributed by atoms with Crippen LogP contribution in [0.1, 0.15) is 37.6 Å². The lowest BCUT2D eigenvalue weighted by Crippen LogP contribution is -2.60. The van der Waals surface area contributed by atoms with Crippen molar-refractivity contribution in [1.29, 1.82) is 0 Å². The Labute approximate surface area is 153 Å². The van der Waals surface area contributed by atoms with Gasteiger partial charge in [-0.15, -0.1) is 0 Å². The molecule has 3 amide bonds. The molecule has 8 nitrogen and oxygen atoms in total. The summed E-state index contributed by atoms with van der Waals surface area (Å²) in [5.74, 6) is 0.204. The van der Waals surface area contributed by atoms with E-state index in [1.807, 2.05) is 20.8 Å². The fourth-order valence-corrected chi connectivity index (χ4v) is 3.66. The molecule has 0 saturated carbocycles. The van der Waals surface area contributed by atoms with Crippen molar-refractivity contribution in [2.45, 2.75) is 39.8 Å². The second-order valence-corrected chi connectivity index (χ2v) is 7.38. The molecule has 1 atom stereocenters. The van der Waals surface area contributed by atoms with Gasteiger partial charge in [-0.25, -0.2) is 0 Å². The average Bonchev–Trinajstić information content (AvgIpc) is 2.97. The lowest BCUT2D eigenvalue weighted by molar-refractivity contribution is -0.156. The van der Waals surface area contributed by atoms with Crippen LogP contribution in [0.15, 0.2) is 12.4 Å². The first kappa shape index (κ1) is 18.4. The van der Waals surface area contributed by atoms with Crippen LogP contribution in [-0.4, -0.2) is 81.0 Å². The van der Waals surface area contributed by atoms with Crippen LogP contribution in [0.25, 0.3) is 0 Å². The predicted octanol–water partition coefficient (Wildman–Crippen LogP) is 0.444. The summed E-state index contributed by atoms with van der Waals surface area (Å²) in [7, 11) is 0. The normalized spacial score (nSPS) is 21.2. The molecule has 1 aromatic heterocycles. The van der Waals surface area contributed by atoms with Gasteiger partial charge in [0.25, 0.3) is 5.91 Å². The highest BCUT2D eigenvalue weighted by Crippen LogP contribution is 2.21. The number of rotatable bonds is 4. The van der Waals surface area contributed by atoms with E-state index in [-0.39, 0.29) is 24.3 Å². The predicted molar refractivity (Wildman–Crippen MR) is 95.3 cm³/mol. The van der Waals surface area contributed by atoms with E-state index in [4.69, 9.17) is 0 Å². The Kier molecular flexibility index (Phi) is 5.29. The van der Waals surface area contributed by atoms with Crippen molar-refractivity contribution in [1.82, 2.24) is 24.5 Å². The second-order valence-electron chi connectivity index (χ2n) is 7.38. The number of aryl methyl sites for hydroxylation is 1. The third-order valence-electron chi connectivity index (χ3n) is 4.98. The summed E-state index contributed by atoms with van der Waals surface area (Å²) in [6.07, 6.45) is 3.79. The number of nitrogens with zero attached hydrogens (tertiary/aromatic N) is 5. The fraction of sp³-hybridized carbons (Fsp3) is 0.667. The monoisotopic (exact) mass is 361 g/mol. The highest BCUT2D eigenvalue weighted by molar-refractivity contribution is 5.96. The zero-order valence-electron chi connectivity index (χ0n) is 15.7. The van der Waals surface area contributed by atoms with Crippen molar-refractivity contribution >= 4 is 17.7 Å². The first-order chi connectivity index (χ1) is 12.4. The summed E-state index contributed by atoms with van der Waals surface area (Å²) in [4.78, 5) is 43.1. The number of aromatic nitrogens is 2. The van der Waals surface area contributed by atoms with Crippen molar-refractivity contribution in [3.05, 3.63) is 18.0 Å². The topological polar surface area (TPSA) is 78.8 Å². The third-order valence-corrected chi connectivity index (χ3v) is 4.98. The molecule has 2 aliphatic heterocycles. The van der Waals surface area contributed by atoms with Crippen molar-refractivity contribution in [2.24, 2.45) is 5.92 Å². The molecular formula is C18H27N5O3. The lowest BCUT2D eigenvalue weighted by Gasteiger charge is -2.39. The number of fused-ring (bicyclic) bond motifs is 1. The summed E-state index contributed by atoms with van der Waals surface area (Å²) in [6.45, 7) is 8.78. The summed E-state index contributed by atoms with van der Waals surface area (Å²) >= 11 is 0. The van der Waals surface area contributed by atoms with Crippen LogP contribution < -0.4 is 0 Å². The van der Waals surface area contributed by atoms with Gasteiger partial charge >= 0.3 is 0 Å². The second kappa shape index (κ2) is 7.47. The Morgan fingerprint density at radius 3 is 2.69 bits per heavy atom. The van der Waals surface area contributed by atoms with Gasteiger partial charge in [-0.2, -0.15) is 5.10 Å². The van der Waals surface area contributed by atoms with Crippen molar-refractivity contribution in [3.8, 4) is 0 Å². The zero-order valence-corrected chi connectivity index (χ0v) is 15.7. The fourth-order valence-electron chi connectivity index (χ4n) is 3.66. The van der Waals surface area contributed by atoms with E-state index in [1.165, 1.54) is 0 Å². The molecular weight excluding hydrogens is 334 g/mol. The average molecular weight is 361 g/mol. The molecule has 0 N–H and O–H groups in total. The Morgan fingerprint density at radius 1 is 1.27 bits per heavy atom. The molecule has 8 heteroatoms. The summed E-state index contributed by atoms with van der Waals surface area (Å²) in [5, 5.41) is 4.15. The third kappa shape index (κ3) is 3.59. The minimum Gasteiger partial charge on any atom is -0.337 e. The van der Waals surface area contributed by atoms with Crippen LogP contribution in [0.4, 0.5) is 0 Å². The number of carbonyl (C=O) groups is 3. The highest BCUT2D eigenvalue weighted by atomic mass is 16.2. The van der Waals surface area contributed by atoms with Crippen molar-refractivity contribution < 1.29 is 14.4 Å². The first-order valence-corrected chi connectivity index (χ1v) is 9.30. The Hall–Kier alpha value is -2.38. The Balaban J connectivity index is 1.71. The molecule has 2 aliphatic rings. The van der Waals surface area contributed by atoms with Gasteiger partial charge < -0.3 is 14.7 Å². The van der Waals surface area contributed by atoms with Crippen molar-refractivity contribution in [3.63, 3.8) is 0 Å². The van der Waals surface area contributed by atoms with Gasteiger partial charge in [-0.1, -0.05) is 13.8 Å². The quantitative estimate of drug-likeness (QED) is 0.780. The van der Waals surface area contributed by atoms with Crippen LogP contribution in [0.3, 0.4) is 0 Å². The van der Waals surface area contributed by atoms with Gasteiger partial charge in [0.2, 0.25) is 11.8 Å². The van der Waals surface area contributed by atoms with E-state index in [2.05, 4.69) is 5.10 Å². The largest absolute Gasteiger partial charge is 0.337 e. The molecule has 1 unspecified atom stereocenters. The van der Waals surface area contributed by atoms with Crippen LogP contribution in [0.2, 0.25) is 0 Å². The van der Waals surface area contributed by atoms with E-state index in [0.717, 1.165) is 0 Å². The minimum atomic E-state index is -0.453. The SMILES string of the molecule is CCn1cc(C(=O)N2CCC3C(=O)N(CC(C)C)CC(=O)N3CC2)cn1. The number of hydrogen-bond acceptors (Lipinski definition) is 4. The van der Waals surface area contributed by atoms with Crippen LogP contribution >= 0.6 is 0 Å². The molecule has 3 heterocycles. The first-order valence-electron chi connectivity index (χ1n) is 9.30. The van der Waals surface area contributed by atoms with E-state index in [9.17, 15) is 14.4 Å². The number of hydrogen-bond donors (Lipinski definition) is 0. The van der Waals surface area contributed by atoms with Gasteiger partial charge in [-0.3, -0.25) is 19.1 Å². The molecule has 0 spiro atoms. The molecule has 2 fully saturated rings. The zero-order chi connectivity index (χ0) is 18.8. The van der Waals surface area contributed by atoms with Gasteiger partial charge in [0.15, 0.2) is 0 Å². The molecule has 142 valence electrons. The molecule has 1 aromatic rings. The van der Waals surface area contributed by atoms with Gasteiger partial charge in [0, 0.05) is 38.9 Å². The Bertz CT molecular complexity index is 699. The van der Waals surface area contributed by atoms with Crippen LogP contribution in [0, 0.1) is 5.92 Å². The van der Waals surface area contributed by atoms with E-state index in [1.54, 1.807) is 31.8 Å². The molecule has 0 radical (unpaired) electrons. The van der Waals surface area contributed by atoms with Gasteiger partial charge in [0.1, 0.15) is 6.04 Å². The van der Waals surface area contributed by atoms with Crippen LogP contribution in [0.5, 0.6) is 0 Å². The molecule has 0 bridgehead atoms.